The van der Waals surface area contributed by atoms with Crippen molar-refractivity contribution in [3.05, 3.63) is 0 Å². The van der Waals surface area contributed by atoms with Crippen molar-refractivity contribution >= 4 is 11.8 Å². The average molecular weight is 200 g/mol. The summed E-state index contributed by atoms with van der Waals surface area (Å²) in [7, 11) is 0. The van der Waals surface area contributed by atoms with Crippen molar-refractivity contribution < 1.29 is 0 Å². The van der Waals surface area contributed by atoms with E-state index in [0.29, 0.717) is 0 Å². The van der Waals surface area contributed by atoms with Crippen LogP contribution in [0.15, 0.2) is 0 Å². The van der Waals surface area contributed by atoms with Crippen molar-refractivity contribution in [2.75, 3.05) is 24.6 Å². The zero-order valence-electron chi connectivity index (χ0n) is 8.17. The molecular weight excluding hydrogens is 180 g/mol. The summed E-state index contributed by atoms with van der Waals surface area (Å²) in [6.07, 6.45) is 4.16. The molecule has 0 radical (unpaired) electrons. The highest BCUT2D eigenvalue weighted by Crippen LogP contribution is 2.29. The molecular formula is C10H20N2S. The first-order chi connectivity index (χ1) is 6.40. The molecule has 3 heteroatoms. The summed E-state index contributed by atoms with van der Waals surface area (Å²) < 4.78 is 0. The average Bonchev–Trinajstić information content (AvgIpc) is 2.81. The highest BCUT2D eigenvalue weighted by Gasteiger charge is 2.27. The fraction of sp³-hybridized carbons (Fsp3) is 1.00. The Morgan fingerprint density at radius 1 is 1.38 bits per heavy atom. The van der Waals surface area contributed by atoms with Gasteiger partial charge >= 0.3 is 0 Å². The Labute approximate surface area is 85.0 Å². The summed E-state index contributed by atoms with van der Waals surface area (Å²) >= 11 is 2.09. The van der Waals surface area contributed by atoms with Gasteiger partial charge in [0.25, 0.3) is 0 Å². The molecule has 1 aliphatic heterocycles. The Bertz CT molecular complexity index is 153. The standard InChI is InChI=1S/C10H20N2S/c11-5-9(6-12-10-1-2-10)8-3-4-13-7-8/h8-10,12H,1-7,11H2. The Morgan fingerprint density at radius 2 is 2.23 bits per heavy atom. The molecule has 2 nitrogen and oxygen atoms in total. The van der Waals surface area contributed by atoms with E-state index < -0.39 is 0 Å². The van der Waals surface area contributed by atoms with Gasteiger partial charge in [0.2, 0.25) is 0 Å². The van der Waals surface area contributed by atoms with E-state index in [2.05, 4.69) is 17.1 Å². The number of nitrogens with two attached hydrogens (primary N) is 1. The third-order valence-corrected chi connectivity index (χ3v) is 4.37. The number of thioether (sulfide) groups is 1. The molecule has 0 amide bonds. The molecule has 76 valence electrons. The molecule has 2 fully saturated rings. The third-order valence-electron chi connectivity index (χ3n) is 3.18. The molecule has 2 unspecified atom stereocenters. The monoisotopic (exact) mass is 200 g/mol. The van der Waals surface area contributed by atoms with Crippen LogP contribution in [0.25, 0.3) is 0 Å². The molecule has 13 heavy (non-hydrogen) atoms. The lowest BCUT2D eigenvalue weighted by atomic mass is 9.92. The lowest BCUT2D eigenvalue weighted by Crippen LogP contribution is -2.34. The summed E-state index contributed by atoms with van der Waals surface area (Å²) in [5, 5.41) is 3.60. The first-order valence-corrected chi connectivity index (χ1v) is 6.57. The van der Waals surface area contributed by atoms with Gasteiger partial charge in [-0.05, 0) is 55.7 Å². The molecule has 0 bridgehead atoms. The lowest BCUT2D eigenvalue weighted by Gasteiger charge is -2.21. The van der Waals surface area contributed by atoms with Gasteiger partial charge in [-0.25, -0.2) is 0 Å². The molecule has 2 atom stereocenters. The smallest absolute Gasteiger partial charge is 0.00683 e. The van der Waals surface area contributed by atoms with Crippen LogP contribution in [0.4, 0.5) is 0 Å². The fourth-order valence-electron chi connectivity index (χ4n) is 1.97. The van der Waals surface area contributed by atoms with Crippen LogP contribution in [0.3, 0.4) is 0 Å². The van der Waals surface area contributed by atoms with Gasteiger partial charge in [-0.2, -0.15) is 11.8 Å². The van der Waals surface area contributed by atoms with E-state index in [1.54, 1.807) is 0 Å². The van der Waals surface area contributed by atoms with Crippen molar-refractivity contribution in [1.29, 1.82) is 0 Å². The van der Waals surface area contributed by atoms with Gasteiger partial charge in [0, 0.05) is 6.04 Å². The maximum Gasteiger partial charge on any atom is 0.00683 e. The van der Waals surface area contributed by atoms with E-state index in [4.69, 9.17) is 5.73 Å². The topological polar surface area (TPSA) is 38.0 Å². The summed E-state index contributed by atoms with van der Waals surface area (Å²) in [6.45, 7) is 2.03. The number of hydrogen-bond donors (Lipinski definition) is 2. The normalized spacial score (nSPS) is 30.7. The maximum absolute atomic E-state index is 5.81. The van der Waals surface area contributed by atoms with E-state index in [9.17, 15) is 0 Å². The number of nitrogens with one attached hydrogen (secondary N) is 1. The highest BCUT2D eigenvalue weighted by molar-refractivity contribution is 7.99. The van der Waals surface area contributed by atoms with E-state index in [1.165, 1.54) is 30.8 Å². The zero-order chi connectivity index (χ0) is 9.10. The number of hydrogen-bond acceptors (Lipinski definition) is 3. The largest absolute Gasteiger partial charge is 0.330 e. The summed E-state index contributed by atoms with van der Waals surface area (Å²) in [5.41, 5.74) is 5.81. The Kier molecular flexibility index (Phi) is 3.52. The van der Waals surface area contributed by atoms with E-state index in [1.807, 2.05) is 0 Å². The van der Waals surface area contributed by atoms with Gasteiger partial charge in [-0.3, -0.25) is 0 Å². The summed E-state index contributed by atoms with van der Waals surface area (Å²) in [4.78, 5) is 0. The molecule has 0 aromatic rings. The Balaban J connectivity index is 1.70. The zero-order valence-corrected chi connectivity index (χ0v) is 8.98. The molecule has 1 aliphatic carbocycles. The molecule has 1 heterocycles. The van der Waals surface area contributed by atoms with Crippen LogP contribution in [0.1, 0.15) is 19.3 Å². The molecule has 3 N–H and O–H groups in total. The van der Waals surface area contributed by atoms with Crippen molar-refractivity contribution in [2.24, 2.45) is 17.6 Å². The van der Waals surface area contributed by atoms with Gasteiger partial charge in [0.15, 0.2) is 0 Å². The van der Waals surface area contributed by atoms with Gasteiger partial charge in [-0.15, -0.1) is 0 Å². The van der Waals surface area contributed by atoms with Crippen molar-refractivity contribution in [2.45, 2.75) is 25.3 Å². The van der Waals surface area contributed by atoms with Crippen LogP contribution in [-0.2, 0) is 0 Å². The summed E-state index contributed by atoms with van der Waals surface area (Å²) in [5.74, 6) is 4.32. The van der Waals surface area contributed by atoms with Crippen LogP contribution >= 0.6 is 11.8 Å². The molecule has 0 spiro atoms. The predicted octanol–water partition coefficient (Wildman–Crippen LogP) is 1.07. The van der Waals surface area contributed by atoms with Crippen LogP contribution < -0.4 is 11.1 Å². The minimum Gasteiger partial charge on any atom is -0.330 e. The SMILES string of the molecule is NCC(CNC1CC1)C1CCSC1. The Hall–Kier alpha value is 0.270. The number of rotatable bonds is 5. The van der Waals surface area contributed by atoms with Crippen LogP contribution in [0.2, 0.25) is 0 Å². The minimum atomic E-state index is 0.732. The maximum atomic E-state index is 5.81. The molecule has 1 saturated heterocycles. The van der Waals surface area contributed by atoms with E-state index >= 15 is 0 Å². The summed E-state index contributed by atoms with van der Waals surface area (Å²) in [6, 6.07) is 0.836. The van der Waals surface area contributed by atoms with Gasteiger partial charge < -0.3 is 11.1 Å². The second-order valence-corrected chi connectivity index (χ2v) is 5.45. The molecule has 0 aromatic heterocycles. The van der Waals surface area contributed by atoms with Crippen LogP contribution in [0.5, 0.6) is 0 Å². The quantitative estimate of drug-likeness (QED) is 0.697. The van der Waals surface area contributed by atoms with Crippen LogP contribution in [-0.4, -0.2) is 30.6 Å². The van der Waals surface area contributed by atoms with Gasteiger partial charge in [0.05, 0.1) is 0 Å². The molecule has 2 rings (SSSR count). The van der Waals surface area contributed by atoms with Gasteiger partial charge in [-0.1, -0.05) is 0 Å². The van der Waals surface area contributed by atoms with Crippen LogP contribution in [0, 0.1) is 11.8 Å². The lowest BCUT2D eigenvalue weighted by molar-refractivity contribution is 0.353. The Morgan fingerprint density at radius 3 is 2.77 bits per heavy atom. The fourth-order valence-corrected chi connectivity index (χ4v) is 3.35. The first kappa shape index (κ1) is 9.81. The van der Waals surface area contributed by atoms with Crippen molar-refractivity contribution in [3.8, 4) is 0 Å². The first-order valence-electron chi connectivity index (χ1n) is 5.41. The third kappa shape index (κ3) is 2.86. The van der Waals surface area contributed by atoms with Crippen molar-refractivity contribution in [1.82, 2.24) is 5.32 Å². The second kappa shape index (κ2) is 4.67. The molecule has 0 aromatic carbocycles. The van der Waals surface area contributed by atoms with E-state index in [0.717, 1.165) is 31.0 Å². The molecule has 2 aliphatic rings. The van der Waals surface area contributed by atoms with Gasteiger partial charge in [0.1, 0.15) is 0 Å². The predicted molar refractivity (Wildman–Crippen MR) is 59.0 cm³/mol. The van der Waals surface area contributed by atoms with E-state index in [-0.39, 0.29) is 0 Å². The minimum absolute atomic E-state index is 0.732. The highest BCUT2D eigenvalue weighted by atomic mass is 32.2. The van der Waals surface area contributed by atoms with Crippen molar-refractivity contribution in [3.63, 3.8) is 0 Å². The second-order valence-electron chi connectivity index (χ2n) is 4.30. The molecule has 1 saturated carbocycles.